The molecule has 0 aromatic rings. The van der Waals surface area contributed by atoms with Crippen molar-refractivity contribution in [2.24, 2.45) is 0 Å². The van der Waals surface area contributed by atoms with Crippen LogP contribution < -0.4 is 10.6 Å². The van der Waals surface area contributed by atoms with Crippen molar-refractivity contribution >= 4 is 0 Å². The molecule has 1 aliphatic rings. The topological polar surface area (TPSA) is 27.3 Å². The van der Waals surface area contributed by atoms with Gasteiger partial charge in [0.05, 0.1) is 0 Å². The predicted octanol–water partition coefficient (Wildman–Crippen LogP) is 1.06. The summed E-state index contributed by atoms with van der Waals surface area (Å²) in [7, 11) is 0. The first-order chi connectivity index (χ1) is 7.36. The van der Waals surface area contributed by atoms with Crippen LogP contribution in [0, 0.1) is 0 Å². The van der Waals surface area contributed by atoms with E-state index in [1.54, 1.807) is 0 Å². The molecule has 90 valence electrons. The molecule has 1 rings (SSSR count). The minimum atomic E-state index is 0.735. The van der Waals surface area contributed by atoms with Crippen LogP contribution in [0.3, 0.4) is 0 Å². The zero-order chi connectivity index (χ0) is 10.9. The third-order valence-electron chi connectivity index (χ3n) is 3.28. The fourth-order valence-electron chi connectivity index (χ4n) is 2.17. The van der Waals surface area contributed by atoms with Gasteiger partial charge in [-0.1, -0.05) is 13.8 Å². The number of hydrogen-bond acceptors (Lipinski definition) is 3. The summed E-state index contributed by atoms with van der Waals surface area (Å²) in [4.78, 5) is 2.48. The van der Waals surface area contributed by atoms with Gasteiger partial charge in [-0.2, -0.15) is 0 Å². The molecule has 0 saturated carbocycles. The van der Waals surface area contributed by atoms with Gasteiger partial charge in [0.2, 0.25) is 0 Å². The molecule has 3 nitrogen and oxygen atoms in total. The van der Waals surface area contributed by atoms with E-state index in [4.69, 9.17) is 0 Å². The molecular weight excluding hydrogens is 186 g/mol. The van der Waals surface area contributed by atoms with Gasteiger partial charge in [-0.25, -0.2) is 0 Å². The SMILES string of the molecule is CCN(CC)CCCNCC1CCCN1. The van der Waals surface area contributed by atoms with Gasteiger partial charge in [0.1, 0.15) is 0 Å². The van der Waals surface area contributed by atoms with Gasteiger partial charge >= 0.3 is 0 Å². The van der Waals surface area contributed by atoms with Crippen LogP contribution in [0.15, 0.2) is 0 Å². The van der Waals surface area contributed by atoms with Crippen molar-refractivity contribution in [3.8, 4) is 0 Å². The van der Waals surface area contributed by atoms with Gasteiger partial charge in [0, 0.05) is 12.6 Å². The molecule has 0 bridgehead atoms. The predicted molar refractivity (Wildman–Crippen MR) is 66.3 cm³/mol. The van der Waals surface area contributed by atoms with E-state index in [-0.39, 0.29) is 0 Å². The van der Waals surface area contributed by atoms with E-state index >= 15 is 0 Å². The molecule has 1 heterocycles. The molecule has 3 heteroatoms. The van der Waals surface area contributed by atoms with Crippen LogP contribution in [0.5, 0.6) is 0 Å². The number of nitrogens with zero attached hydrogens (tertiary/aromatic N) is 1. The maximum Gasteiger partial charge on any atom is 0.0192 e. The van der Waals surface area contributed by atoms with Crippen LogP contribution in [-0.2, 0) is 0 Å². The smallest absolute Gasteiger partial charge is 0.0192 e. The zero-order valence-electron chi connectivity index (χ0n) is 10.4. The Balaban J connectivity index is 1.87. The van der Waals surface area contributed by atoms with Crippen LogP contribution in [0.4, 0.5) is 0 Å². The first kappa shape index (κ1) is 12.9. The minimum Gasteiger partial charge on any atom is -0.315 e. The molecule has 0 aliphatic carbocycles. The molecule has 0 spiro atoms. The van der Waals surface area contributed by atoms with Gasteiger partial charge in [-0.3, -0.25) is 0 Å². The van der Waals surface area contributed by atoms with Crippen LogP contribution in [-0.4, -0.2) is 50.2 Å². The monoisotopic (exact) mass is 213 g/mol. The van der Waals surface area contributed by atoms with Crippen LogP contribution >= 0.6 is 0 Å². The van der Waals surface area contributed by atoms with Crippen molar-refractivity contribution in [3.05, 3.63) is 0 Å². The first-order valence-corrected chi connectivity index (χ1v) is 6.53. The van der Waals surface area contributed by atoms with Gasteiger partial charge in [-0.15, -0.1) is 0 Å². The summed E-state index contributed by atoms with van der Waals surface area (Å²) < 4.78 is 0. The molecule has 1 saturated heterocycles. The van der Waals surface area contributed by atoms with Crippen molar-refractivity contribution in [2.45, 2.75) is 39.2 Å². The lowest BCUT2D eigenvalue weighted by Crippen LogP contribution is -2.35. The average molecular weight is 213 g/mol. The second-order valence-electron chi connectivity index (χ2n) is 4.38. The van der Waals surface area contributed by atoms with Crippen LogP contribution in [0.2, 0.25) is 0 Å². The normalized spacial score (nSPS) is 21.4. The molecule has 0 aromatic carbocycles. The molecule has 0 amide bonds. The second kappa shape index (κ2) is 8.08. The fraction of sp³-hybridized carbons (Fsp3) is 1.00. The summed E-state index contributed by atoms with van der Waals surface area (Å²) in [6.07, 6.45) is 3.98. The molecule has 15 heavy (non-hydrogen) atoms. The quantitative estimate of drug-likeness (QED) is 0.590. The highest BCUT2D eigenvalue weighted by molar-refractivity contribution is 4.75. The van der Waals surface area contributed by atoms with Crippen molar-refractivity contribution in [3.63, 3.8) is 0 Å². The standard InChI is InChI=1S/C12H27N3/c1-3-15(4-2)10-6-8-13-11-12-7-5-9-14-12/h12-14H,3-11H2,1-2H3. The zero-order valence-corrected chi connectivity index (χ0v) is 10.4. The molecule has 0 aromatic heterocycles. The lowest BCUT2D eigenvalue weighted by molar-refractivity contribution is 0.297. The summed E-state index contributed by atoms with van der Waals surface area (Å²) in [5.41, 5.74) is 0. The van der Waals surface area contributed by atoms with E-state index in [2.05, 4.69) is 29.4 Å². The maximum atomic E-state index is 3.54. The summed E-state index contributed by atoms with van der Waals surface area (Å²) >= 11 is 0. The van der Waals surface area contributed by atoms with E-state index in [0.717, 1.165) is 19.1 Å². The number of nitrogens with one attached hydrogen (secondary N) is 2. The van der Waals surface area contributed by atoms with Gasteiger partial charge < -0.3 is 15.5 Å². The highest BCUT2D eigenvalue weighted by atomic mass is 15.1. The summed E-state index contributed by atoms with van der Waals surface area (Å²) in [6.45, 7) is 11.6. The fourth-order valence-corrected chi connectivity index (χ4v) is 2.17. The Morgan fingerprint density at radius 1 is 1.33 bits per heavy atom. The summed E-state index contributed by atoms with van der Waals surface area (Å²) in [6, 6.07) is 0.735. The minimum absolute atomic E-state index is 0.735. The van der Waals surface area contributed by atoms with E-state index < -0.39 is 0 Å². The average Bonchev–Trinajstić information content (AvgIpc) is 2.76. The number of hydrogen-bond donors (Lipinski definition) is 2. The second-order valence-corrected chi connectivity index (χ2v) is 4.38. The lowest BCUT2D eigenvalue weighted by Gasteiger charge is -2.18. The Morgan fingerprint density at radius 2 is 2.13 bits per heavy atom. The summed E-state index contributed by atoms with van der Waals surface area (Å²) in [5.74, 6) is 0. The highest BCUT2D eigenvalue weighted by Gasteiger charge is 2.12. The van der Waals surface area contributed by atoms with Gasteiger partial charge in [0.15, 0.2) is 0 Å². The lowest BCUT2D eigenvalue weighted by atomic mass is 10.2. The van der Waals surface area contributed by atoms with Crippen molar-refractivity contribution in [2.75, 3.05) is 39.3 Å². The number of rotatable bonds is 8. The van der Waals surface area contributed by atoms with E-state index in [9.17, 15) is 0 Å². The van der Waals surface area contributed by atoms with Crippen molar-refractivity contribution in [1.82, 2.24) is 15.5 Å². The van der Waals surface area contributed by atoms with Gasteiger partial charge in [0.25, 0.3) is 0 Å². The molecule has 1 unspecified atom stereocenters. The van der Waals surface area contributed by atoms with Crippen molar-refractivity contribution in [1.29, 1.82) is 0 Å². The molecule has 2 N–H and O–H groups in total. The largest absolute Gasteiger partial charge is 0.315 e. The Bertz CT molecular complexity index is 136. The van der Waals surface area contributed by atoms with E-state index in [0.29, 0.717) is 0 Å². The third-order valence-corrected chi connectivity index (χ3v) is 3.28. The van der Waals surface area contributed by atoms with Crippen LogP contribution in [0.1, 0.15) is 33.1 Å². The molecular formula is C12H27N3. The summed E-state index contributed by atoms with van der Waals surface area (Å²) in [5, 5.41) is 7.05. The Hall–Kier alpha value is -0.120. The molecule has 0 radical (unpaired) electrons. The first-order valence-electron chi connectivity index (χ1n) is 6.53. The Morgan fingerprint density at radius 3 is 2.73 bits per heavy atom. The van der Waals surface area contributed by atoms with Gasteiger partial charge in [-0.05, 0) is 52.0 Å². The Kier molecular flexibility index (Phi) is 6.98. The van der Waals surface area contributed by atoms with Crippen molar-refractivity contribution < 1.29 is 0 Å². The maximum absolute atomic E-state index is 3.54. The Labute approximate surface area is 94.6 Å². The molecule has 1 atom stereocenters. The van der Waals surface area contributed by atoms with E-state index in [1.165, 1.54) is 45.4 Å². The van der Waals surface area contributed by atoms with E-state index in [1.807, 2.05) is 0 Å². The highest BCUT2D eigenvalue weighted by Crippen LogP contribution is 2.02. The third kappa shape index (κ3) is 5.50. The molecule has 1 fully saturated rings. The van der Waals surface area contributed by atoms with Crippen LogP contribution in [0.25, 0.3) is 0 Å². The molecule has 1 aliphatic heterocycles.